The minimum Gasteiger partial charge on any atom is -0.389 e. The first kappa shape index (κ1) is 14.9. The lowest BCUT2D eigenvalue weighted by Gasteiger charge is -2.31. The Hall–Kier alpha value is -1.55. The van der Waals surface area contributed by atoms with Gasteiger partial charge in [-0.3, -0.25) is 0 Å². The lowest BCUT2D eigenvalue weighted by Crippen LogP contribution is -2.40. The number of aliphatic hydroxyl groups excluding tert-OH is 1. The van der Waals surface area contributed by atoms with E-state index in [2.05, 4.69) is 12.2 Å². The SMILES string of the molecule is CCC1CCN(C(=O)Nc2cccc(C(C)O)c2)CC1. The number of piperidine rings is 1. The molecule has 1 aliphatic rings. The molecule has 0 radical (unpaired) electrons. The number of urea groups is 1. The molecule has 1 fully saturated rings. The van der Waals surface area contributed by atoms with E-state index in [-0.39, 0.29) is 6.03 Å². The van der Waals surface area contributed by atoms with Crippen molar-refractivity contribution >= 4 is 11.7 Å². The van der Waals surface area contributed by atoms with Crippen LogP contribution in [0.2, 0.25) is 0 Å². The van der Waals surface area contributed by atoms with E-state index in [4.69, 9.17) is 0 Å². The summed E-state index contributed by atoms with van der Waals surface area (Å²) in [7, 11) is 0. The molecule has 2 N–H and O–H groups in total. The summed E-state index contributed by atoms with van der Waals surface area (Å²) in [4.78, 5) is 14.1. The van der Waals surface area contributed by atoms with Gasteiger partial charge in [0.1, 0.15) is 0 Å². The number of anilines is 1. The van der Waals surface area contributed by atoms with Gasteiger partial charge < -0.3 is 15.3 Å². The molecular weight excluding hydrogens is 252 g/mol. The lowest BCUT2D eigenvalue weighted by molar-refractivity contribution is 0.181. The third-order valence-electron chi connectivity index (χ3n) is 4.10. The zero-order chi connectivity index (χ0) is 14.5. The summed E-state index contributed by atoms with van der Waals surface area (Å²) < 4.78 is 0. The van der Waals surface area contributed by atoms with Gasteiger partial charge in [-0.05, 0) is 43.4 Å². The van der Waals surface area contributed by atoms with Gasteiger partial charge in [0.25, 0.3) is 0 Å². The van der Waals surface area contributed by atoms with Gasteiger partial charge in [-0.1, -0.05) is 25.5 Å². The number of carbonyl (C=O) groups excluding carboxylic acids is 1. The van der Waals surface area contributed by atoms with Crippen molar-refractivity contribution in [3.63, 3.8) is 0 Å². The van der Waals surface area contributed by atoms with Crippen LogP contribution in [0.25, 0.3) is 0 Å². The Morgan fingerprint density at radius 3 is 2.75 bits per heavy atom. The van der Waals surface area contributed by atoms with Gasteiger partial charge in [-0.2, -0.15) is 0 Å². The van der Waals surface area contributed by atoms with Gasteiger partial charge in [0.05, 0.1) is 6.10 Å². The standard InChI is InChI=1S/C16H24N2O2/c1-3-13-7-9-18(10-8-13)16(20)17-15-6-4-5-14(11-15)12(2)19/h4-6,11-13,19H,3,7-10H2,1-2H3,(H,17,20). The Kier molecular flexibility index (Phi) is 5.01. The maximum absolute atomic E-state index is 12.2. The molecule has 4 nitrogen and oxygen atoms in total. The topological polar surface area (TPSA) is 52.6 Å². The van der Waals surface area contributed by atoms with Crippen LogP contribution >= 0.6 is 0 Å². The average Bonchev–Trinajstić information content (AvgIpc) is 2.47. The quantitative estimate of drug-likeness (QED) is 0.889. The summed E-state index contributed by atoms with van der Waals surface area (Å²) in [6, 6.07) is 7.33. The zero-order valence-corrected chi connectivity index (χ0v) is 12.3. The van der Waals surface area contributed by atoms with Crippen LogP contribution in [-0.2, 0) is 0 Å². The van der Waals surface area contributed by atoms with Crippen LogP contribution < -0.4 is 5.32 Å². The fourth-order valence-electron chi connectivity index (χ4n) is 2.62. The van der Waals surface area contributed by atoms with E-state index in [0.717, 1.165) is 43.1 Å². The second kappa shape index (κ2) is 6.75. The third kappa shape index (κ3) is 3.73. The highest BCUT2D eigenvalue weighted by Gasteiger charge is 2.21. The van der Waals surface area contributed by atoms with E-state index in [1.807, 2.05) is 29.2 Å². The first-order chi connectivity index (χ1) is 9.60. The fraction of sp³-hybridized carbons (Fsp3) is 0.562. The van der Waals surface area contributed by atoms with Crippen molar-refractivity contribution in [2.75, 3.05) is 18.4 Å². The second-order valence-electron chi connectivity index (χ2n) is 5.57. The largest absolute Gasteiger partial charge is 0.389 e. The van der Waals surface area contributed by atoms with Crippen molar-refractivity contribution in [3.05, 3.63) is 29.8 Å². The van der Waals surface area contributed by atoms with Crippen molar-refractivity contribution in [1.29, 1.82) is 0 Å². The number of benzene rings is 1. The lowest BCUT2D eigenvalue weighted by atomic mass is 9.95. The molecule has 2 amide bonds. The number of rotatable bonds is 3. The van der Waals surface area contributed by atoms with E-state index < -0.39 is 6.10 Å². The highest BCUT2D eigenvalue weighted by molar-refractivity contribution is 5.89. The Balaban J connectivity index is 1.93. The van der Waals surface area contributed by atoms with E-state index in [1.165, 1.54) is 6.42 Å². The van der Waals surface area contributed by atoms with E-state index in [1.54, 1.807) is 6.92 Å². The molecular formula is C16H24N2O2. The molecule has 1 aromatic carbocycles. The van der Waals surface area contributed by atoms with Crippen molar-refractivity contribution < 1.29 is 9.90 Å². The first-order valence-electron chi connectivity index (χ1n) is 7.44. The molecule has 0 saturated carbocycles. The summed E-state index contributed by atoms with van der Waals surface area (Å²) >= 11 is 0. The molecule has 0 spiro atoms. The van der Waals surface area contributed by atoms with Crippen LogP contribution in [0.1, 0.15) is 44.8 Å². The third-order valence-corrected chi connectivity index (χ3v) is 4.10. The number of nitrogens with one attached hydrogen (secondary N) is 1. The monoisotopic (exact) mass is 276 g/mol. The Morgan fingerprint density at radius 1 is 1.45 bits per heavy atom. The molecule has 2 rings (SSSR count). The normalized spacial score (nSPS) is 17.9. The molecule has 0 bridgehead atoms. The van der Waals surface area contributed by atoms with Gasteiger partial charge in [0.2, 0.25) is 0 Å². The molecule has 1 atom stereocenters. The summed E-state index contributed by atoms with van der Waals surface area (Å²) in [5, 5.41) is 12.5. The van der Waals surface area contributed by atoms with Crippen LogP contribution in [0.15, 0.2) is 24.3 Å². The molecule has 1 heterocycles. The van der Waals surface area contributed by atoms with Gasteiger partial charge in [0, 0.05) is 18.8 Å². The number of hydrogen-bond donors (Lipinski definition) is 2. The number of nitrogens with zero attached hydrogens (tertiary/aromatic N) is 1. The van der Waals surface area contributed by atoms with Gasteiger partial charge >= 0.3 is 6.03 Å². The minimum atomic E-state index is -0.521. The highest BCUT2D eigenvalue weighted by atomic mass is 16.3. The fourth-order valence-corrected chi connectivity index (χ4v) is 2.62. The van der Waals surface area contributed by atoms with Crippen LogP contribution in [0, 0.1) is 5.92 Å². The molecule has 0 aliphatic carbocycles. The smallest absolute Gasteiger partial charge is 0.321 e. The van der Waals surface area contributed by atoms with E-state index >= 15 is 0 Å². The Morgan fingerprint density at radius 2 is 2.15 bits per heavy atom. The van der Waals surface area contributed by atoms with Gasteiger partial charge in [0.15, 0.2) is 0 Å². The van der Waals surface area contributed by atoms with Crippen LogP contribution in [0.3, 0.4) is 0 Å². The molecule has 1 unspecified atom stereocenters. The minimum absolute atomic E-state index is 0.0395. The van der Waals surface area contributed by atoms with Crippen molar-refractivity contribution in [1.82, 2.24) is 4.90 Å². The number of carbonyl (C=O) groups is 1. The second-order valence-corrected chi connectivity index (χ2v) is 5.57. The van der Waals surface area contributed by atoms with Gasteiger partial charge in [-0.25, -0.2) is 4.79 Å². The maximum atomic E-state index is 12.2. The Bertz CT molecular complexity index is 452. The predicted octanol–water partition coefficient (Wildman–Crippen LogP) is 3.39. The molecule has 1 aliphatic heterocycles. The summed E-state index contributed by atoms with van der Waals surface area (Å²) in [6.45, 7) is 5.60. The van der Waals surface area contributed by atoms with Crippen LogP contribution in [-0.4, -0.2) is 29.1 Å². The first-order valence-corrected chi connectivity index (χ1v) is 7.44. The van der Waals surface area contributed by atoms with Crippen molar-refractivity contribution in [2.45, 2.75) is 39.2 Å². The molecule has 0 aromatic heterocycles. The Labute approximate surface area is 120 Å². The molecule has 20 heavy (non-hydrogen) atoms. The predicted molar refractivity (Wildman–Crippen MR) is 80.7 cm³/mol. The van der Waals surface area contributed by atoms with E-state index in [0.29, 0.717) is 0 Å². The van der Waals surface area contributed by atoms with E-state index in [9.17, 15) is 9.90 Å². The van der Waals surface area contributed by atoms with Crippen molar-refractivity contribution in [3.8, 4) is 0 Å². The van der Waals surface area contributed by atoms with Crippen molar-refractivity contribution in [2.24, 2.45) is 5.92 Å². The van der Waals surface area contributed by atoms with Gasteiger partial charge in [-0.15, -0.1) is 0 Å². The zero-order valence-electron chi connectivity index (χ0n) is 12.3. The number of aliphatic hydroxyl groups is 1. The summed E-state index contributed by atoms with van der Waals surface area (Å²) in [5.41, 5.74) is 1.55. The highest BCUT2D eigenvalue weighted by Crippen LogP contribution is 2.21. The molecule has 1 saturated heterocycles. The van der Waals surface area contributed by atoms with Crippen LogP contribution in [0.5, 0.6) is 0 Å². The summed E-state index contributed by atoms with van der Waals surface area (Å²) in [5.74, 6) is 0.762. The number of amides is 2. The molecule has 110 valence electrons. The average molecular weight is 276 g/mol. The number of likely N-dealkylation sites (tertiary alicyclic amines) is 1. The molecule has 1 aromatic rings. The number of hydrogen-bond acceptors (Lipinski definition) is 2. The maximum Gasteiger partial charge on any atom is 0.321 e. The van der Waals surface area contributed by atoms with Crippen LogP contribution in [0.4, 0.5) is 10.5 Å². The molecule has 4 heteroatoms. The summed E-state index contributed by atoms with van der Waals surface area (Å²) in [6.07, 6.45) is 2.87.